The molecule has 18 heavy (non-hydrogen) atoms. The topological polar surface area (TPSA) is 54.4 Å². The van der Waals surface area contributed by atoms with Crippen molar-refractivity contribution in [2.45, 2.75) is 19.3 Å². The molecule has 0 fully saturated rings. The molecule has 0 saturated carbocycles. The van der Waals surface area contributed by atoms with Crippen LogP contribution in [-0.4, -0.2) is 16.9 Å². The van der Waals surface area contributed by atoms with Gasteiger partial charge in [-0.25, -0.2) is 0 Å². The quantitative estimate of drug-likeness (QED) is 0.654. The van der Waals surface area contributed by atoms with Gasteiger partial charge >= 0.3 is 5.97 Å². The van der Waals surface area contributed by atoms with E-state index in [1.54, 1.807) is 12.1 Å². The molecule has 1 N–H and O–H groups in total. The van der Waals surface area contributed by atoms with Gasteiger partial charge in [0.1, 0.15) is 0 Å². The Balaban J connectivity index is 1.98. The minimum atomic E-state index is -0.767. The second-order valence-electron chi connectivity index (χ2n) is 4.69. The number of carbonyl (C=O) groups excluding carboxylic acids is 1. The number of hydrogen-bond acceptors (Lipinski definition) is 2. The fraction of sp³-hybridized carbons (Fsp3) is 0.333. The van der Waals surface area contributed by atoms with Crippen LogP contribution in [0.25, 0.3) is 0 Å². The summed E-state index contributed by atoms with van der Waals surface area (Å²) in [6, 6.07) is 9.14. The zero-order valence-corrected chi connectivity index (χ0v) is 10.1. The summed E-state index contributed by atoms with van der Waals surface area (Å²) in [5.41, 5.74) is 0.698. The smallest absolute Gasteiger partial charge is 0.306 e. The number of benzene rings is 1. The van der Waals surface area contributed by atoms with E-state index in [4.69, 9.17) is 5.11 Å². The van der Waals surface area contributed by atoms with Crippen molar-refractivity contribution in [3.8, 4) is 0 Å². The van der Waals surface area contributed by atoms with Crippen molar-refractivity contribution in [2.24, 2.45) is 11.8 Å². The lowest BCUT2D eigenvalue weighted by Crippen LogP contribution is -2.21. The van der Waals surface area contributed by atoms with Gasteiger partial charge < -0.3 is 5.11 Å². The van der Waals surface area contributed by atoms with Crippen molar-refractivity contribution in [3.05, 3.63) is 48.0 Å². The second kappa shape index (κ2) is 5.63. The molecule has 0 heterocycles. The third kappa shape index (κ3) is 3.06. The van der Waals surface area contributed by atoms with E-state index < -0.39 is 5.97 Å². The highest BCUT2D eigenvalue weighted by atomic mass is 16.4. The zero-order valence-electron chi connectivity index (χ0n) is 10.1. The number of allylic oxidation sites excluding steroid dienone is 2. The molecule has 2 rings (SSSR count). The standard InChI is InChI=1S/C15H16O3/c16-14(12-6-2-1-3-7-12)10-11-5-4-8-13(9-11)15(17)18/h1-7,11,13H,8-10H2,(H,17,18)/t11-,13-/m1/s1. The number of aliphatic carboxylic acids is 1. The first-order valence-corrected chi connectivity index (χ1v) is 6.14. The Morgan fingerprint density at radius 3 is 2.61 bits per heavy atom. The molecule has 0 amide bonds. The van der Waals surface area contributed by atoms with Crippen LogP contribution in [0.3, 0.4) is 0 Å². The van der Waals surface area contributed by atoms with Crippen molar-refractivity contribution in [1.29, 1.82) is 0 Å². The number of carboxylic acids is 1. The molecule has 0 unspecified atom stereocenters. The molecule has 2 atom stereocenters. The average Bonchev–Trinajstić information content (AvgIpc) is 2.40. The highest BCUT2D eigenvalue weighted by Crippen LogP contribution is 2.27. The van der Waals surface area contributed by atoms with Gasteiger partial charge in [0, 0.05) is 12.0 Å². The minimum absolute atomic E-state index is 0.0487. The van der Waals surface area contributed by atoms with Crippen LogP contribution < -0.4 is 0 Å². The first kappa shape index (κ1) is 12.6. The van der Waals surface area contributed by atoms with Crippen LogP contribution in [-0.2, 0) is 4.79 Å². The van der Waals surface area contributed by atoms with Gasteiger partial charge in [-0.1, -0.05) is 42.5 Å². The highest BCUT2D eigenvalue weighted by molar-refractivity contribution is 5.96. The van der Waals surface area contributed by atoms with Gasteiger partial charge in [0.2, 0.25) is 0 Å². The van der Waals surface area contributed by atoms with Crippen LogP contribution in [0.1, 0.15) is 29.6 Å². The Kier molecular flexibility index (Phi) is 3.92. The molecule has 94 valence electrons. The molecule has 0 aliphatic heterocycles. The van der Waals surface area contributed by atoms with Crippen LogP contribution in [0.5, 0.6) is 0 Å². The van der Waals surface area contributed by atoms with Crippen LogP contribution in [0.4, 0.5) is 0 Å². The largest absolute Gasteiger partial charge is 0.481 e. The number of Topliss-reactive ketones (excluding diaryl/α,β-unsaturated/α-hetero) is 1. The fourth-order valence-electron chi connectivity index (χ4n) is 2.31. The van der Waals surface area contributed by atoms with E-state index in [0.717, 1.165) is 0 Å². The number of carboxylic acid groups (broad SMARTS) is 1. The van der Waals surface area contributed by atoms with Crippen molar-refractivity contribution >= 4 is 11.8 Å². The summed E-state index contributed by atoms with van der Waals surface area (Å²) in [6.07, 6.45) is 5.38. The van der Waals surface area contributed by atoms with Crippen molar-refractivity contribution in [1.82, 2.24) is 0 Å². The maximum atomic E-state index is 12.0. The monoisotopic (exact) mass is 244 g/mol. The number of ketones is 1. The van der Waals surface area contributed by atoms with Crippen molar-refractivity contribution < 1.29 is 14.7 Å². The molecule has 3 heteroatoms. The second-order valence-corrected chi connectivity index (χ2v) is 4.69. The van der Waals surface area contributed by atoms with Gasteiger partial charge in [-0.3, -0.25) is 9.59 Å². The molecule has 0 aromatic heterocycles. The molecule has 1 aliphatic carbocycles. The summed E-state index contributed by atoms with van der Waals surface area (Å²) in [7, 11) is 0. The van der Waals surface area contributed by atoms with Crippen LogP contribution in [0.2, 0.25) is 0 Å². The lowest BCUT2D eigenvalue weighted by Gasteiger charge is -2.21. The molecular weight excluding hydrogens is 228 g/mol. The Bertz CT molecular complexity index is 462. The summed E-state index contributed by atoms with van der Waals surface area (Å²) >= 11 is 0. The molecule has 1 aliphatic rings. The predicted molar refractivity (Wildman–Crippen MR) is 68.4 cm³/mol. The van der Waals surface area contributed by atoms with E-state index in [9.17, 15) is 9.59 Å². The summed E-state index contributed by atoms with van der Waals surface area (Å²) in [5, 5.41) is 8.99. The Labute approximate surface area is 106 Å². The normalized spacial score (nSPS) is 22.7. The SMILES string of the molecule is O=C(C[C@@H]1C=CC[C@@H](C(=O)O)C1)c1ccccc1. The lowest BCUT2D eigenvalue weighted by molar-refractivity contribution is -0.142. The van der Waals surface area contributed by atoms with E-state index in [0.29, 0.717) is 24.8 Å². The average molecular weight is 244 g/mol. The fourth-order valence-corrected chi connectivity index (χ4v) is 2.31. The summed E-state index contributed by atoms with van der Waals surface area (Å²) in [5.74, 6) is -0.982. The molecule has 0 spiro atoms. The number of rotatable bonds is 4. The van der Waals surface area contributed by atoms with Gasteiger partial charge in [-0.15, -0.1) is 0 Å². The molecule has 0 radical (unpaired) electrons. The first-order chi connectivity index (χ1) is 8.66. The minimum Gasteiger partial charge on any atom is -0.481 e. The predicted octanol–water partition coefficient (Wildman–Crippen LogP) is 2.93. The van der Waals surface area contributed by atoms with Crippen LogP contribution in [0.15, 0.2) is 42.5 Å². The highest BCUT2D eigenvalue weighted by Gasteiger charge is 2.25. The Morgan fingerprint density at radius 2 is 1.94 bits per heavy atom. The molecule has 0 saturated heterocycles. The van der Waals surface area contributed by atoms with Gasteiger partial charge in [0.25, 0.3) is 0 Å². The Hall–Kier alpha value is -1.90. The van der Waals surface area contributed by atoms with Gasteiger partial charge in [0.15, 0.2) is 5.78 Å². The lowest BCUT2D eigenvalue weighted by atomic mass is 9.83. The maximum Gasteiger partial charge on any atom is 0.306 e. The first-order valence-electron chi connectivity index (χ1n) is 6.14. The van der Waals surface area contributed by atoms with Crippen LogP contribution >= 0.6 is 0 Å². The molecule has 1 aromatic rings. The van der Waals surface area contributed by atoms with Gasteiger partial charge in [-0.05, 0) is 18.8 Å². The summed E-state index contributed by atoms with van der Waals surface area (Å²) in [6.45, 7) is 0. The van der Waals surface area contributed by atoms with Crippen molar-refractivity contribution in [2.75, 3.05) is 0 Å². The van der Waals surface area contributed by atoms with Gasteiger partial charge in [0.05, 0.1) is 5.92 Å². The third-order valence-electron chi connectivity index (χ3n) is 3.31. The maximum absolute atomic E-state index is 12.0. The number of carbonyl (C=O) groups is 2. The van der Waals surface area contributed by atoms with E-state index in [2.05, 4.69) is 0 Å². The third-order valence-corrected chi connectivity index (χ3v) is 3.31. The molecule has 3 nitrogen and oxygen atoms in total. The Morgan fingerprint density at radius 1 is 1.22 bits per heavy atom. The summed E-state index contributed by atoms with van der Waals surface area (Å²) in [4.78, 5) is 22.9. The van der Waals surface area contributed by atoms with E-state index in [-0.39, 0.29) is 17.6 Å². The van der Waals surface area contributed by atoms with E-state index >= 15 is 0 Å². The zero-order chi connectivity index (χ0) is 13.0. The van der Waals surface area contributed by atoms with Gasteiger partial charge in [-0.2, -0.15) is 0 Å². The van der Waals surface area contributed by atoms with E-state index in [1.807, 2.05) is 30.4 Å². The van der Waals surface area contributed by atoms with Crippen molar-refractivity contribution in [3.63, 3.8) is 0 Å². The van der Waals surface area contributed by atoms with Crippen LogP contribution in [0, 0.1) is 11.8 Å². The van der Waals surface area contributed by atoms with E-state index in [1.165, 1.54) is 0 Å². The number of hydrogen-bond donors (Lipinski definition) is 1. The molecule has 1 aromatic carbocycles. The molecular formula is C15H16O3. The summed E-state index contributed by atoms with van der Waals surface area (Å²) < 4.78 is 0. The molecule has 0 bridgehead atoms.